The Bertz CT molecular complexity index is 3900. The summed E-state index contributed by atoms with van der Waals surface area (Å²) in [5, 5.41) is 20.6. The Morgan fingerprint density at radius 1 is 0.500 bits per heavy atom. The van der Waals surface area contributed by atoms with E-state index in [1.165, 1.54) is 19.1 Å². The van der Waals surface area contributed by atoms with Crippen molar-refractivity contribution in [2.45, 2.75) is 58.8 Å². The van der Waals surface area contributed by atoms with E-state index in [0.29, 0.717) is 85.3 Å². The number of aldehydes is 2. The summed E-state index contributed by atoms with van der Waals surface area (Å²) in [7, 11) is 0. The number of nitrogens with one attached hydrogen (secondary N) is 4. The molecule has 13 heterocycles. The van der Waals surface area contributed by atoms with E-state index < -0.39 is 5.97 Å². The minimum atomic E-state index is -1.00. The molecule has 4 saturated heterocycles. The number of ketones is 1. The third kappa shape index (κ3) is 31.4. The van der Waals surface area contributed by atoms with Crippen molar-refractivity contribution in [2.75, 3.05) is 191 Å². The molecule has 7 aliphatic heterocycles. The molecule has 594 valence electrons. The van der Waals surface area contributed by atoms with Crippen LogP contribution in [0.15, 0.2) is 105 Å². The lowest BCUT2D eigenvalue weighted by atomic mass is 10.1. The number of anilines is 6. The van der Waals surface area contributed by atoms with E-state index in [1.54, 1.807) is 66.4 Å². The number of carboxylic acids is 1. The van der Waals surface area contributed by atoms with Gasteiger partial charge in [0.1, 0.15) is 34.9 Å². The smallest absolute Gasteiger partial charge is 0.328 e. The van der Waals surface area contributed by atoms with Crippen molar-refractivity contribution in [2.24, 2.45) is 0 Å². The first-order valence-electron chi connectivity index (χ1n) is 36.0. The van der Waals surface area contributed by atoms with Crippen LogP contribution in [0.5, 0.6) is 0 Å². The quantitative estimate of drug-likeness (QED) is 0.0160. The number of carbonyl (C=O) groups excluding carboxylic acids is 6. The molecule has 0 saturated carbocycles. The Morgan fingerprint density at radius 2 is 0.882 bits per heavy atom. The molecule has 0 aromatic carbocycles. The number of urea groups is 3. The molecule has 0 spiro atoms. The number of hydrogen-bond donors (Lipinski definition) is 8. The van der Waals surface area contributed by atoms with Gasteiger partial charge in [0.15, 0.2) is 18.4 Å². The molecule has 11 N–H and O–H groups in total. The number of aromatic nitrogens is 6. The summed E-state index contributed by atoms with van der Waals surface area (Å²) in [6, 6.07) is 12.5. The molecule has 0 radical (unpaired) electrons. The van der Waals surface area contributed by atoms with Gasteiger partial charge in [0.2, 0.25) is 0 Å². The maximum atomic E-state index is 12.2. The van der Waals surface area contributed by atoms with Gasteiger partial charge in [-0.3, -0.25) is 49.9 Å². The van der Waals surface area contributed by atoms with Gasteiger partial charge in [0.25, 0.3) is 0 Å². The Hall–Kier alpha value is -8.37. The second-order valence-corrected chi connectivity index (χ2v) is 28.6. The highest BCUT2D eigenvalue weighted by Gasteiger charge is 2.27. The molecule has 0 unspecified atom stereocenters. The predicted molar refractivity (Wildman–Crippen MR) is 437 cm³/mol. The molecule has 13 rings (SSSR count). The van der Waals surface area contributed by atoms with Crippen molar-refractivity contribution in [3.8, 4) is 0 Å². The number of hydrogen-bond acceptors (Lipinski definition) is 25. The summed E-state index contributed by atoms with van der Waals surface area (Å²) in [5.41, 5.74) is 22.8. The molecule has 6 aromatic heterocycles. The molecule has 110 heavy (non-hydrogen) atoms. The summed E-state index contributed by atoms with van der Waals surface area (Å²) >= 11 is 9.98. The number of allylic oxidation sites excluding steroid dienone is 1. The van der Waals surface area contributed by atoms with Crippen molar-refractivity contribution in [1.29, 1.82) is 0 Å². The maximum Gasteiger partial charge on any atom is 0.328 e. The predicted octanol–water partition coefficient (Wildman–Crippen LogP) is 8.45. The number of ether oxygens (including phenoxy) is 4. The van der Waals surface area contributed by atoms with Crippen LogP contribution in [-0.2, 0) is 54.7 Å². The maximum absolute atomic E-state index is 12.2. The highest BCUT2D eigenvalue weighted by Crippen LogP contribution is 2.27. The van der Waals surface area contributed by atoms with E-state index in [9.17, 15) is 33.6 Å². The lowest BCUT2D eigenvalue weighted by Crippen LogP contribution is -2.42. The van der Waals surface area contributed by atoms with Gasteiger partial charge in [0.05, 0.1) is 83.6 Å². The summed E-state index contributed by atoms with van der Waals surface area (Å²) in [4.78, 5) is 118. The fourth-order valence-corrected chi connectivity index (χ4v) is 13.0. The third-order valence-electron chi connectivity index (χ3n) is 17.7. The fourth-order valence-electron chi connectivity index (χ4n) is 11.8. The van der Waals surface area contributed by atoms with Gasteiger partial charge in [0, 0.05) is 177 Å². The Balaban J connectivity index is 0.000000189. The molecule has 0 atom stereocenters. The standard InChI is InChI=1S/C18H24N4O3.C17H22N4O4.C14H19BrN4O2.C13H21BrN4O.C6H5BrN2O.C6H6N2O.BrH/c1-14(23)3-4-15-11-16-13-22(18(24)20-17(16)19-12-15)6-2-5-21-7-9-25-10-8-21;22-15(23)3-2-13-10-14-12-21(17(24)19-16(14)18-11-13)5-1-4-20-6-8-25-9-7-20;15-12-8-11-10-19(14(20)17-13(11)16-9-12)3-1-2-18-4-6-21-7-5-18;14-12-8-11(13(15)17-10-12)9-16-2-1-3-18-4-6-19-7-5-18;7-5-1-4(3-10)6(8)9-2-5;7-6-5(4-9)2-1-3-8-6;/h3-4,11-12H,2,5-10,13H2,1H3,(H,19,20,24);2-3,10-11H,1,4-9,12H2,(H,22,23)(H,18,19,24);8-9H,1-7,10H2,(H,16,17,20);8,10,16H,1-7,9H2,(H2,15,17);1-3H,(H2,8,9);1-4H,(H2,7,8);1H/b4-3+;3-2+;;;;;. The largest absolute Gasteiger partial charge is 0.478 e. The Labute approximate surface area is 676 Å². The van der Waals surface area contributed by atoms with E-state index in [1.807, 2.05) is 34.1 Å². The molecule has 32 nitrogen and oxygen atoms in total. The van der Waals surface area contributed by atoms with Crippen LogP contribution in [0.3, 0.4) is 0 Å². The lowest BCUT2D eigenvalue weighted by molar-refractivity contribution is -0.131. The Morgan fingerprint density at radius 3 is 1.29 bits per heavy atom. The summed E-state index contributed by atoms with van der Waals surface area (Å²) in [6.45, 7) is 25.5. The number of aliphatic carboxylic acids is 1. The number of halogens is 4. The monoisotopic (exact) mass is 1770 g/mol. The number of nitrogen functional groups attached to an aromatic ring is 3. The van der Waals surface area contributed by atoms with E-state index in [2.05, 4.69) is 119 Å². The van der Waals surface area contributed by atoms with Gasteiger partial charge in [-0.25, -0.2) is 49.1 Å². The first-order valence-corrected chi connectivity index (χ1v) is 38.4. The molecule has 7 aliphatic rings. The van der Waals surface area contributed by atoms with Crippen molar-refractivity contribution in [3.05, 3.63) is 150 Å². The summed E-state index contributed by atoms with van der Waals surface area (Å²) in [5.74, 6) is 1.96. The molecule has 0 aliphatic carbocycles. The lowest BCUT2D eigenvalue weighted by Gasteiger charge is -2.31. The van der Waals surface area contributed by atoms with Crippen LogP contribution in [0, 0.1) is 0 Å². The summed E-state index contributed by atoms with van der Waals surface area (Å²) in [6.07, 6.45) is 20.9. The third-order valence-corrected chi connectivity index (χ3v) is 19.0. The second kappa shape index (κ2) is 48.4. The second-order valence-electron chi connectivity index (χ2n) is 25.8. The van der Waals surface area contributed by atoms with Crippen molar-refractivity contribution in [1.82, 2.24) is 69.5 Å². The van der Waals surface area contributed by atoms with Crippen LogP contribution < -0.4 is 38.5 Å². The van der Waals surface area contributed by atoms with Crippen molar-refractivity contribution < 1.29 is 57.6 Å². The number of rotatable bonds is 24. The van der Waals surface area contributed by atoms with Crippen molar-refractivity contribution >= 4 is 154 Å². The van der Waals surface area contributed by atoms with E-state index >= 15 is 0 Å². The molecule has 0 bridgehead atoms. The average molecular weight is 1780 g/mol. The van der Waals surface area contributed by atoms with Crippen molar-refractivity contribution in [3.63, 3.8) is 0 Å². The number of amides is 6. The number of carboxylic acid groups (broad SMARTS) is 1. The molecule has 36 heteroatoms. The molecule has 6 amide bonds. The molecule has 6 aromatic rings. The topological polar surface area (TPSA) is 403 Å². The number of carbonyl (C=O) groups is 7. The number of nitrogens with zero attached hydrogens (tertiary/aromatic N) is 13. The zero-order valence-electron chi connectivity index (χ0n) is 61.6. The highest BCUT2D eigenvalue weighted by molar-refractivity contribution is 9.11. The van der Waals surface area contributed by atoms with Gasteiger partial charge < -0.3 is 61.3 Å². The average Bonchev–Trinajstić information content (AvgIpc) is 0.821. The van der Waals surface area contributed by atoms with Gasteiger partial charge in [-0.1, -0.05) is 0 Å². The molecular weight excluding hydrogens is 1680 g/mol. The van der Waals surface area contributed by atoms with Gasteiger partial charge in [-0.05, 0) is 165 Å². The van der Waals surface area contributed by atoms with Crippen LogP contribution in [0.2, 0.25) is 0 Å². The van der Waals surface area contributed by atoms with Crippen LogP contribution in [0.1, 0.15) is 86.7 Å². The number of pyridine rings is 6. The zero-order chi connectivity index (χ0) is 77.7. The number of morpholine rings is 4. The van der Waals surface area contributed by atoms with E-state index in [4.69, 9.17) is 41.3 Å². The SMILES string of the molecule is Br.CC(=O)/C=C/c1cnc2c(c1)CN(CCCN1CCOCC1)C(=O)N2.Nc1ncc(Br)cc1C=O.Nc1ncc(Br)cc1CNCCCN1CCOCC1.Nc1ncccc1C=O.O=C(O)/C=C/c1cnc2c(c1)CN(CCCN1CCOCC1)C(=O)N2.O=C1Nc2ncc(Br)cc2CN1CCCN1CCOCC1. The van der Waals surface area contributed by atoms with E-state index in [0.717, 1.165) is 224 Å². The zero-order valence-corrected chi connectivity index (χ0v) is 68.1. The first kappa shape index (κ1) is 88.8. The Kier molecular flexibility index (Phi) is 39.1. The number of nitrogens with two attached hydrogens (primary N) is 3. The van der Waals surface area contributed by atoms with Crippen LogP contribution in [-0.4, -0.2) is 269 Å². The van der Waals surface area contributed by atoms with Gasteiger partial charge in [-0.2, -0.15) is 0 Å². The highest BCUT2D eigenvalue weighted by atomic mass is 79.9. The van der Waals surface area contributed by atoms with Gasteiger partial charge >= 0.3 is 24.1 Å². The van der Waals surface area contributed by atoms with Crippen LogP contribution in [0.4, 0.5) is 49.3 Å². The van der Waals surface area contributed by atoms with Crippen LogP contribution >= 0.6 is 64.8 Å². The molecular formula is C74H98Br4N20O12. The summed E-state index contributed by atoms with van der Waals surface area (Å²) < 4.78 is 24.0. The number of fused-ring (bicyclic) bond motifs is 3. The van der Waals surface area contributed by atoms with E-state index in [-0.39, 0.29) is 52.5 Å². The van der Waals surface area contributed by atoms with Gasteiger partial charge in [-0.15, -0.1) is 17.0 Å². The van der Waals surface area contributed by atoms with Crippen LogP contribution in [0.25, 0.3) is 12.2 Å². The normalized spacial score (nSPS) is 16.4. The fraction of sp³-hybridized carbons (Fsp3) is 0.446. The minimum Gasteiger partial charge on any atom is -0.478 e. The minimum absolute atomic E-state index is 0. The molecule has 4 fully saturated rings. The first-order chi connectivity index (χ1) is 52.8.